The first-order chi connectivity index (χ1) is 22.2. The first-order valence-electron chi connectivity index (χ1n) is 15.3. The van der Waals surface area contributed by atoms with E-state index in [0.29, 0.717) is 19.8 Å². The van der Waals surface area contributed by atoms with Crippen LogP contribution in [-0.2, 0) is 54.8 Å². The first-order valence-corrected chi connectivity index (χ1v) is 15.3. The van der Waals surface area contributed by atoms with Gasteiger partial charge in [0.15, 0.2) is 6.29 Å². The van der Waals surface area contributed by atoms with E-state index in [1.165, 1.54) is 0 Å². The molecule has 8 nitrogen and oxygen atoms in total. The fourth-order valence-corrected chi connectivity index (χ4v) is 5.14. The van der Waals surface area contributed by atoms with Crippen LogP contribution in [0.5, 0.6) is 0 Å². The van der Waals surface area contributed by atoms with E-state index < -0.39 is 43.4 Å². The number of hydrogen-bond acceptors (Lipinski definition) is 8. The molecule has 238 valence electrons. The lowest BCUT2D eigenvalue weighted by molar-refractivity contribution is -0.331. The van der Waals surface area contributed by atoms with Crippen LogP contribution in [0.2, 0.25) is 0 Å². The van der Waals surface area contributed by atoms with E-state index in [4.69, 9.17) is 28.4 Å². The Kier molecular flexibility index (Phi) is 13.1. The van der Waals surface area contributed by atoms with Crippen LogP contribution in [0.25, 0.3) is 0 Å². The van der Waals surface area contributed by atoms with Crippen molar-refractivity contribution in [3.63, 3.8) is 0 Å². The van der Waals surface area contributed by atoms with Gasteiger partial charge in [0.2, 0.25) is 0 Å². The van der Waals surface area contributed by atoms with Gasteiger partial charge in [0, 0.05) is 0 Å². The average molecular weight is 615 g/mol. The van der Waals surface area contributed by atoms with Crippen molar-refractivity contribution in [2.24, 2.45) is 0 Å². The van der Waals surface area contributed by atoms with Gasteiger partial charge in [-0.1, -0.05) is 121 Å². The van der Waals surface area contributed by atoms with E-state index in [9.17, 15) is 10.2 Å². The lowest BCUT2D eigenvalue weighted by Gasteiger charge is -2.46. The van der Waals surface area contributed by atoms with Gasteiger partial charge in [-0.05, 0) is 22.3 Å². The molecule has 4 aromatic carbocycles. The maximum Gasteiger partial charge on any atom is 0.187 e. The van der Waals surface area contributed by atoms with Gasteiger partial charge in [0.05, 0.1) is 46.2 Å². The minimum absolute atomic E-state index is 0.148. The molecule has 45 heavy (non-hydrogen) atoms. The highest BCUT2D eigenvalue weighted by Gasteiger charge is 2.49. The van der Waals surface area contributed by atoms with Crippen molar-refractivity contribution in [2.75, 3.05) is 19.8 Å². The lowest BCUT2D eigenvalue weighted by Crippen LogP contribution is -2.62. The van der Waals surface area contributed by atoms with Crippen molar-refractivity contribution in [3.8, 4) is 0 Å². The Morgan fingerprint density at radius 3 is 1.42 bits per heavy atom. The molecule has 1 saturated heterocycles. The summed E-state index contributed by atoms with van der Waals surface area (Å²) in [5.74, 6) is 0. The van der Waals surface area contributed by atoms with Crippen molar-refractivity contribution >= 4 is 0 Å². The molecule has 1 unspecified atom stereocenters. The molecule has 0 saturated carbocycles. The Morgan fingerprint density at radius 1 is 0.533 bits per heavy atom. The molecular weight excluding hydrogens is 572 g/mol. The normalized spacial score (nSPS) is 22.2. The molecule has 0 spiro atoms. The van der Waals surface area contributed by atoms with Gasteiger partial charge in [-0.15, -0.1) is 0 Å². The minimum atomic E-state index is -1.08. The second-order valence-electron chi connectivity index (χ2n) is 11.0. The van der Waals surface area contributed by atoms with Crippen LogP contribution in [0, 0.1) is 0 Å². The third kappa shape index (κ3) is 10.3. The Hall–Kier alpha value is -3.44. The molecule has 1 fully saturated rings. The summed E-state index contributed by atoms with van der Waals surface area (Å²) in [7, 11) is 0. The molecule has 1 heterocycles. The van der Waals surface area contributed by atoms with E-state index in [-0.39, 0.29) is 19.8 Å². The predicted molar refractivity (Wildman–Crippen MR) is 169 cm³/mol. The number of aliphatic hydroxyl groups is 2. The molecule has 8 heteroatoms. The minimum Gasteiger partial charge on any atom is -0.394 e. The Labute approximate surface area is 265 Å². The third-order valence-corrected chi connectivity index (χ3v) is 7.50. The molecule has 2 N–H and O–H groups in total. The summed E-state index contributed by atoms with van der Waals surface area (Å²) in [4.78, 5) is 0. The van der Waals surface area contributed by atoms with Crippen molar-refractivity contribution in [1.29, 1.82) is 0 Å². The van der Waals surface area contributed by atoms with Gasteiger partial charge < -0.3 is 38.6 Å². The molecule has 5 rings (SSSR count). The summed E-state index contributed by atoms with van der Waals surface area (Å²) >= 11 is 0. The third-order valence-electron chi connectivity index (χ3n) is 7.50. The summed E-state index contributed by atoms with van der Waals surface area (Å²) in [5, 5.41) is 19.6. The molecule has 0 aromatic heterocycles. The van der Waals surface area contributed by atoms with Gasteiger partial charge >= 0.3 is 0 Å². The number of benzene rings is 4. The van der Waals surface area contributed by atoms with E-state index >= 15 is 0 Å². The average Bonchev–Trinajstić information content (AvgIpc) is 3.10. The molecule has 0 radical (unpaired) electrons. The van der Waals surface area contributed by atoms with Crippen molar-refractivity contribution in [2.45, 2.75) is 63.2 Å². The molecule has 0 bridgehead atoms. The molecule has 0 amide bonds. The second-order valence-corrected chi connectivity index (χ2v) is 11.0. The maximum absolute atomic E-state index is 10.1. The van der Waals surface area contributed by atoms with Crippen LogP contribution in [0.15, 0.2) is 121 Å². The summed E-state index contributed by atoms with van der Waals surface area (Å²) < 4.78 is 38.5. The zero-order valence-electron chi connectivity index (χ0n) is 25.3. The van der Waals surface area contributed by atoms with Gasteiger partial charge in [0.25, 0.3) is 0 Å². The van der Waals surface area contributed by atoms with Crippen molar-refractivity contribution in [3.05, 3.63) is 144 Å². The summed E-state index contributed by atoms with van der Waals surface area (Å²) in [6.45, 7) is 0.926. The van der Waals surface area contributed by atoms with Crippen molar-refractivity contribution in [1.82, 2.24) is 0 Å². The highest BCUT2D eigenvalue weighted by Crippen LogP contribution is 2.31. The maximum atomic E-state index is 10.1. The molecular formula is C37H42O8. The SMILES string of the molecule is OCC(O)CO[C@H]1O[C@H](COCc2ccccc2)[C@H](OCc2ccccc2)[C@H](OCc2ccccc2)[C@H]1OCc1ccccc1. The molecule has 1 aliphatic heterocycles. The fraction of sp³-hybridized carbons (Fsp3) is 0.351. The van der Waals surface area contributed by atoms with Crippen LogP contribution in [0.3, 0.4) is 0 Å². The molecule has 6 atom stereocenters. The Balaban J connectivity index is 1.43. The zero-order chi connectivity index (χ0) is 31.1. The van der Waals surface area contributed by atoms with E-state index in [0.717, 1.165) is 22.3 Å². The number of aliphatic hydroxyl groups excluding tert-OH is 2. The monoisotopic (exact) mass is 614 g/mol. The Morgan fingerprint density at radius 2 is 0.956 bits per heavy atom. The van der Waals surface area contributed by atoms with Gasteiger partial charge in [-0.3, -0.25) is 0 Å². The summed E-state index contributed by atoms with van der Waals surface area (Å²) in [5.41, 5.74) is 4.02. The smallest absolute Gasteiger partial charge is 0.187 e. The highest BCUT2D eigenvalue weighted by molar-refractivity contribution is 5.16. The topological polar surface area (TPSA) is 95.8 Å². The van der Waals surface area contributed by atoms with Crippen LogP contribution in [0.4, 0.5) is 0 Å². The lowest BCUT2D eigenvalue weighted by atomic mass is 9.97. The molecule has 1 aliphatic rings. The zero-order valence-corrected chi connectivity index (χ0v) is 25.3. The predicted octanol–water partition coefficient (Wildman–Crippen LogP) is 5.05. The Bertz CT molecular complexity index is 1340. The van der Waals surface area contributed by atoms with E-state index in [1.54, 1.807) is 0 Å². The quantitative estimate of drug-likeness (QED) is 0.171. The van der Waals surface area contributed by atoms with Crippen LogP contribution >= 0.6 is 0 Å². The first kappa shape index (κ1) is 32.9. The molecule has 0 aliphatic carbocycles. The van der Waals surface area contributed by atoms with Crippen LogP contribution < -0.4 is 0 Å². The van der Waals surface area contributed by atoms with Crippen LogP contribution in [-0.4, -0.2) is 66.8 Å². The van der Waals surface area contributed by atoms with E-state index in [2.05, 4.69) is 0 Å². The van der Waals surface area contributed by atoms with Crippen LogP contribution in [0.1, 0.15) is 22.3 Å². The second kappa shape index (κ2) is 17.9. The molecule has 4 aromatic rings. The largest absolute Gasteiger partial charge is 0.394 e. The van der Waals surface area contributed by atoms with Gasteiger partial charge in [0.1, 0.15) is 30.5 Å². The summed E-state index contributed by atoms with van der Waals surface area (Å²) in [6, 6.07) is 39.6. The number of rotatable bonds is 17. The van der Waals surface area contributed by atoms with Crippen molar-refractivity contribution < 1.29 is 38.6 Å². The van der Waals surface area contributed by atoms with Gasteiger partial charge in [-0.2, -0.15) is 0 Å². The summed E-state index contributed by atoms with van der Waals surface area (Å²) in [6.07, 6.45) is -4.55. The standard InChI is InChI=1S/C37H42O8/c38-21-32(39)26-44-37-36(43-25-31-19-11-4-12-20-31)35(42-24-30-17-9-3-10-18-30)34(41-23-29-15-7-2-8-16-29)33(45-37)27-40-22-28-13-5-1-6-14-28/h1-20,32-39H,21-27H2/t32?,33-,34+,35+,36-,37+/m1/s1. The number of hydrogen-bond donors (Lipinski definition) is 2. The van der Waals surface area contributed by atoms with Gasteiger partial charge in [-0.25, -0.2) is 0 Å². The highest BCUT2D eigenvalue weighted by atomic mass is 16.7. The number of ether oxygens (including phenoxy) is 6. The van der Waals surface area contributed by atoms with E-state index in [1.807, 2.05) is 121 Å². The fourth-order valence-electron chi connectivity index (χ4n) is 5.14.